The van der Waals surface area contributed by atoms with Gasteiger partial charge in [-0.25, -0.2) is 0 Å². The number of aromatic nitrogens is 1. The average molecular weight is 539 g/mol. The van der Waals surface area contributed by atoms with Gasteiger partial charge in [0.25, 0.3) is 0 Å². The molecule has 0 aliphatic rings. The van der Waals surface area contributed by atoms with Crippen LogP contribution in [-0.2, 0) is 0 Å². The summed E-state index contributed by atoms with van der Waals surface area (Å²) in [6, 6.07) is 51.2. The Hall–Kier alpha value is -5.67. The topological polar surface area (TPSA) is 29.3 Å². The predicted octanol–water partition coefficient (Wildman–Crippen LogP) is 10.9. The van der Waals surface area contributed by atoms with E-state index in [9.17, 15) is 0 Å². The zero-order valence-corrected chi connectivity index (χ0v) is 22.8. The molecule has 0 atom stereocenters. The molecule has 0 saturated carbocycles. The first-order valence-electron chi connectivity index (χ1n) is 14.1. The standard InChI is InChI=1S/C39H26N2O/c1-3-8-27(9-4-1)29-14-18-33(19-15-29)41(34-20-16-30(17-21-34)28-10-5-2-6-11-28)37-13-7-12-35-36-24-31-22-23-40-26-32(31)25-38(36)42-39(35)37/h1-26H. The maximum atomic E-state index is 6.63. The van der Waals surface area contributed by atoms with E-state index >= 15 is 0 Å². The molecule has 3 nitrogen and oxygen atoms in total. The lowest BCUT2D eigenvalue weighted by Gasteiger charge is -2.26. The Labute approximate surface area is 243 Å². The third-order valence-electron chi connectivity index (χ3n) is 7.94. The van der Waals surface area contributed by atoms with Crippen molar-refractivity contribution in [2.75, 3.05) is 4.90 Å². The van der Waals surface area contributed by atoms with Crippen LogP contribution < -0.4 is 4.90 Å². The van der Waals surface area contributed by atoms with Gasteiger partial charge in [0.15, 0.2) is 5.58 Å². The zero-order valence-electron chi connectivity index (χ0n) is 22.8. The van der Waals surface area contributed by atoms with Crippen LogP contribution in [0.2, 0.25) is 0 Å². The van der Waals surface area contributed by atoms with Gasteiger partial charge in [0.2, 0.25) is 0 Å². The lowest BCUT2D eigenvalue weighted by atomic mass is 10.0. The average Bonchev–Trinajstić information content (AvgIpc) is 3.43. The summed E-state index contributed by atoms with van der Waals surface area (Å²) in [7, 11) is 0. The number of hydrogen-bond acceptors (Lipinski definition) is 3. The Morgan fingerprint density at radius 1 is 0.476 bits per heavy atom. The summed E-state index contributed by atoms with van der Waals surface area (Å²) in [6.45, 7) is 0. The molecule has 2 aromatic heterocycles. The van der Waals surface area contributed by atoms with E-state index in [1.165, 1.54) is 22.3 Å². The summed E-state index contributed by atoms with van der Waals surface area (Å²) < 4.78 is 6.63. The number of pyridine rings is 1. The van der Waals surface area contributed by atoms with Crippen LogP contribution in [0, 0.1) is 0 Å². The number of nitrogens with zero attached hydrogens (tertiary/aromatic N) is 2. The molecule has 0 aliphatic heterocycles. The normalized spacial score (nSPS) is 11.3. The minimum Gasteiger partial charge on any atom is -0.454 e. The molecule has 2 heterocycles. The Bertz CT molecular complexity index is 2080. The van der Waals surface area contributed by atoms with Gasteiger partial charge in [0.1, 0.15) is 5.58 Å². The molecule has 42 heavy (non-hydrogen) atoms. The molecular formula is C39H26N2O. The largest absolute Gasteiger partial charge is 0.454 e. The lowest BCUT2D eigenvalue weighted by molar-refractivity contribution is 0.669. The van der Waals surface area contributed by atoms with Crippen molar-refractivity contribution in [2.24, 2.45) is 0 Å². The summed E-state index contributed by atoms with van der Waals surface area (Å²) in [4.78, 5) is 6.59. The van der Waals surface area contributed by atoms with Gasteiger partial charge < -0.3 is 9.32 Å². The third kappa shape index (κ3) is 4.20. The van der Waals surface area contributed by atoms with Gasteiger partial charge in [-0.3, -0.25) is 4.98 Å². The molecule has 3 heteroatoms. The fourth-order valence-corrected chi connectivity index (χ4v) is 5.83. The summed E-state index contributed by atoms with van der Waals surface area (Å²) in [5, 5.41) is 4.41. The predicted molar refractivity (Wildman–Crippen MR) is 175 cm³/mol. The maximum Gasteiger partial charge on any atom is 0.159 e. The monoisotopic (exact) mass is 538 g/mol. The Morgan fingerprint density at radius 3 is 1.69 bits per heavy atom. The fourth-order valence-electron chi connectivity index (χ4n) is 5.83. The highest BCUT2D eigenvalue weighted by Crippen LogP contribution is 2.43. The Kier molecular flexibility index (Phi) is 5.79. The highest BCUT2D eigenvalue weighted by atomic mass is 16.3. The van der Waals surface area contributed by atoms with E-state index in [4.69, 9.17) is 4.42 Å². The maximum absolute atomic E-state index is 6.63. The minimum absolute atomic E-state index is 0.857. The molecule has 6 aromatic carbocycles. The van der Waals surface area contributed by atoms with E-state index < -0.39 is 0 Å². The molecule has 0 aliphatic carbocycles. The van der Waals surface area contributed by atoms with Crippen molar-refractivity contribution in [3.8, 4) is 22.3 Å². The number of benzene rings is 6. The molecule has 8 rings (SSSR count). The van der Waals surface area contributed by atoms with Gasteiger partial charge in [-0.1, -0.05) is 97.1 Å². The van der Waals surface area contributed by atoms with Crippen molar-refractivity contribution in [1.29, 1.82) is 0 Å². The first-order valence-corrected chi connectivity index (χ1v) is 14.1. The SMILES string of the molecule is c1ccc(-c2ccc(N(c3ccc(-c4ccccc4)cc3)c3cccc4c3oc3cc5cnccc5cc34)cc2)cc1. The van der Waals surface area contributed by atoms with Crippen molar-refractivity contribution in [3.63, 3.8) is 0 Å². The number of para-hydroxylation sites is 1. The van der Waals surface area contributed by atoms with Crippen LogP contribution >= 0.6 is 0 Å². The third-order valence-corrected chi connectivity index (χ3v) is 7.94. The molecule has 0 bridgehead atoms. The first-order chi connectivity index (χ1) is 20.8. The molecule has 0 fully saturated rings. The molecule has 198 valence electrons. The van der Waals surface area contributed by atoms with Crippen LogP contribution in [0.4, 0.5) is 17.1 Å². The molecule has 0 spiro atoms. The molecule has 0 unspecified atom stereocenters. The summed E-state index contributed by atoms with van der Waals surface area (Å²) in [5.74, 6) is 0. The van der Waals surface area contributed by atoms with Crippen molar-refractivity contribution in [1.82, 2.24) is 4.98 Å². The van der Waals surface area contributed by atoms with E-state index in [0.29, 0.717) is 0 Å². The number of fused-ring (bicyclic) bond motifs is 4. The van der Waals surface area contributed by atoms with Gasteiger partial charge in [0.05, 0.1) is 5.69 Å². The Morgan fingerprint density at radius 2 is 1.07 bits per heavy atom. The molecule has 0 saturated heterocycles. The van der Waals surface area contributed by atoms with Crippen LogP contribution in [0.1, 0.15) is 0 Å². The van der Waals surface area contributed by atoms with Crippen molar-refractivity contribution in [3.05, 3.63) is 158 Å². The number of furan rings is 1. The highest BCUT2D eigenvalue weighted by Gasteiger charge is 2.20. The summed E-state index contributed by atoms with van der Waals surface area (Å²) in [5.41, 5.74) is 9.58. The molecule has 8 aromatic rings. The van der Waals surface area contributed by atoms with Crippen LogP contribution in [0.3, 0.4) is 0 Å². The van der Waals surface area contributed by atoms with Gasteiger partial charge in [-0.05, 0) is 76.2 Å². The van der Waals surface area contributed by atoms with Crippen LogP contribution in [0.25, 0.3) is 55.0 Å². The van der Waals surface area contributed by atoms with E-state index in [2.05, 4.69) is 137 Å². The zero-order chi connectivity index (χ0) is 27.9. The quantitative estimate of drug-likeness (QED) is 0.218. The molecule has 0 amide bonds. The van der Waals surface area contributed by atoms with Gasteiger partial charge in [-0.15, -0.1) is 0 Å². The van der Waals surface area contributed by atoms with Gasteiger partial charge in [-0.2, -0.15) is 0 Å². The summed E-state index contributed by atoms with van der Waals surface area (Å²) in [6.07, 6.45) is 3.72. The highest BCUT2D eigenvalue weighted by molar-refractivity contribution is 6.13. The van der Waals surface area contributed by atoms with E-state index in [1.807, 2.05) is 30.6 Å². The van der Waals surface area contributed by atoms with Gasteiger partial charge in [0, 0.05) is 39.9 Å². The van der Waals surface area contributed by atoms with Crippen molar-refractivity contribution >= 4 is 49.8 Å². The number of hydrogen-bond donors (Lipinski definition) is 0. The second-order valence-electron chi connectivity index (χ2n) is 10.5. The molecule has 0 radical (unpaired) electrons. The van der Waals surface area contributed by atoms with E-state index in [-0.39, 0.29) is 0 Å². The lowest BCUT2D eigenvalue weighted by Crippen LogP contribution is -2.10. The molecule has 0 N–H and O–H groups in total. The summed E-state index contributed by atoms with van der Waals surface area (Å²) >= 11 is 0. The second-order valence-corrected chi connectivity index (χ2v) is 10.5. The van der Waals surface area contributed by atoms with E-state index in [1.54, 1.807) is 0 Å². The van der Waals surface area contributed by atoms with Crippen molar-refractivity contribution in [2.45, 2.75) is 0 Å². The Balaban J connectivity index is 1.31. The number of anilines is 3. The first kappa shape index (κ1) is 24.2. The van der Waals surface area contributed by atoms with Gasteiger partial charge >= 0.3 is 0 Å². The molecular weight excluding hydrogens is 512 g/mol. The van der Waals surface area contributed by atoms with Crippen LogP contribution in [0.5, 0.6) is 0 Å². The fraction of sp³-hybridized carbons (Fsp3) is 0. The van der Waals surface area contributed by atoms with E-state index in [0.717, 1.165) is 49.8 Å². The van der Waals surface area contributed by atoms with Crippen LogP contribution in [-0.4, -0.2) is 4.98 Å². The second kappa shape index (κ2) is 10.1. The van der Waals surface area contributed by atoms with Crippen LogP contribution in [0.15, 0.2) is 162 Å². The number of rotatable bonds is 5. The van der Waals surface area contributed by atoms with Crippen molar-refractivity contribution < 1.29 is 4.42 Å². The minimum atomic E-state index is 0.857. The smallest absolute Gasteiger partial charge is 0.159 e.